The number of halogens is 3. The summed E-state index contributed by atoms with van der Waals surface area (Å²) in [4.78, 5) is 40.9. The molecule has 0 unspecified atom stereocenters. The number of alkyl halides is 3. The number of fused-ring (bicyclic) bond motifs is 1. The number of pyridine rings is 1. The van der Waals surface area contributed by atoms with E-state index in [-0.39, 0.29) is 30.9 Å². The molecule has 0 aliphatic rings. The van der Waals surface area contributed by atoms with E-state index in [0.29, 0.717) is 28.2 Å². The molecular weight excluding hydrogens is 603 g/mol. The third-order valence-electron chi connectivity index (χ3n) is 7.86. The Morgan fingerprint density at radius 1 is 1.09 bits per heavy atom. The van der Waals surface area contributed by atoms with E-state index in [1.54, 1.807) is 31.1 Å². The van der Waals surface area contributed by atoms with Crippen LogP contribution in [0.5, 0.6) is 0 Å². The number of hydrogen-bond acceptors (Lipinski definition) is 7. The van der Waals surface area contributed by atoms with Crippen LogP contribution in [0.3, 0.4) is 0 Å². The first kappa shape index (κ1) is 34.4. The van der Waals surface area contributed by atoms with E-state index >= 15 is 0 Å². The molecule has 0 radical (unpaired) electrons. The van der Waals surface area contributed by atoms with Crippen molar-refractivity contribution in [2.45, 2.75) is 65.2 Å². The Morgan fingerprint density at radius 3 is 2.35 bits per heavy atom. The third-order valence-corrected chi connectivity index (χ3v) is 7.86. The average Bonchev–Trinajstić information content (AvgIpc) is 3.43. The lowest BCUT2D eigenvalue weighted by Crippen LogP contribution is -2.40. The second-order valence-corrected chi connectivity index (χ2v) is 12.3. The maximum atomic E-state index is 14.0. The fraction of sp³-hybridized carbons (Fsp3) is 0.424. The van der Waals surface area contributed by atoms with Crippen LogP contribution in [0.25, 0.3) is 22.2 Å². The number of hydrogen-bond donors (Lipinski definition) is 2. The molecular formula is C33H38F3N5O5. The lowest BCUT2D eigenvalue weighted by Gasteiger charge is -2.26. The number of carboxylic acid groups (broad SMARTS) is 1. The van der Waals surface area contributed by atoms with E-state index in [2.05, 4.69) is 15.6 Å². The molecule has 2 aromatic heterocycles. The minimum absolute atomic E-state index is 0.00732. The zero-order valence-electron chi connectivity index (χ0n) is 26.6. The van der Waals surface area contributed by atoms with Gasteiger partial charge in [0.2, 0.25) is 5.91 Å². The lowest BCUT2D eigenvalue weighted by molar-refractivity contribution is -0.139. The average molecular weight is 642 g/mol. The number of nitrogens with zero attached hydrogens (tertiary/aromatic N) is 4. The zero-order valence-corrected chi connectivity index (χ0v) is 26.6. The number of benzene rings is 2. The van der Waals surface area contributed by atoms with E-state index < -0.39 is 47.7 Å². The molecule has 46 heavy (non-hydrogen) atoms. The Balaban J connectivity index is 1.81. The van der Waals surface area contributed by atoms with Crippen LogP contribution < -0.4 is 10.9 Å². The van der Waals surface area contributed by atoms with E-state index in [4.69, 9.17) is 4.63 Å². The number of likely N-dealkylation sites (N-methyl/N-ethyl adjacent to an activating group) is 1. The van der Waals surface area contributed by atoms with Crippen molar-refractivity contribution in [3.63, 3.8) is 0 Å². The van der Waals surface area contributed by atoms with Gasteiger partial charge in [0.25, 0.3) is 5.56 Å². The quantitative estimate of drug-likeness (QED) is 0.201. The molecule has 1 amide bonds. The minimum atomic E-state index is -4.76. The maximum absolute atomic E-state index is 14.0. The molecule has 2 N–H and O–H groups in total. The van der Waals surface area contributed by atoms with Gasteiger partial charge in [0.1, 0.15) is 17.1 Å². The second-order valence-electron chi connectivity index (χ2n) is 12.3. The van der Waals surface area contributed by atoms with Crippen molar-refractivity contribution in [3.8, 4) is 11.1 Å². The Bertz CT molecular complexity index is 1770. The Morgan fingerprint density at radius 2 is 1.76 bits per heavy atom. The first-order valence-electron chi connectivity index (χ1n) is 14.9. The van der Waals surface area contributed by atoms with Gasteiger partial charge in [-0.15, -0.1) is 0 Å². The molecule has 4 rings (SSSR count). The second kappa shape index (κ2) is 13.9. The summed E-state index contributed by atoms with van der Waals surface area (Å²) in [5, 5.41) is 20.7. The van der Waals surface area contributed by atoms with Gasteiger partial charge in [0.15, 0.2) is 0 Å². The third kappa shape index (κ3) is 7.82. The molecule has 10 nitrogen and oxygen atoms in total. The molecule has 0 bridgehead atoms. The highest BCUT2D eigenvalue weighted by Crippen LogP contribution is 2.36. The van der Waals surface area contributed by atoms with Crippen LogP contribution in [-0.4, -0.2) is 57.4 Å². The minimum Gasteiger partial charge on any atom is -0.481 e. The molecule has 0 saturated carbocycles. The highest BCUT2D eigenvalue weighted by Gasteiger charge is 2.36. The van der Waals surface area contributed by atoms with Crippen molar-refractivity contribution in [2.75, 3.05) is 20.6 Å². The smallest absolute Gasteiger partial charge is 0.416 e. The largest absolute Gasteiger partial charge is 0.481 e. The normalized spacial score (nSPS) is 13.4. The van der Waals surface area contributed by atoms with Crippen LogP contribution in [0.1, 0.15) is 66.6 Å². The molecule has 2 aromatic carbocycles. The summed E-state index contributed by atoms with van der Waals surface area (Å²) in [6, 6.07) is 7.32. The molecule has 0 aliphatic carbocycles. The van der Waals surface area contributed by atoms with Crippen LogP contribution >= 0.6 is 0 Å². The predicted octanol–water partition coefficient (Wildman–Crippen LogP) is 5.71. The molecule has 13 heteroatoms. The van der Waals surface area contributed by atoms with Crippen LogP contribution in [0.15, 0.2) is 52.0 Å². The SMILES string of the molecule is Cc1cccc(C)c1-c1cc([C@H](CC(=O)O)NC(=O)[C@H](CC(C)C)n2cc(CCN(C)C)c(C(F)(F)F)cc2=O)cc2nonc12. The van der Waals surface area contributed by atoms with E-state index in [0.717, 1.165) is 27.5 Å². The monoisotopic (exact) mass is 641 g/mol. The molecule has 0 fully saturated rings. The summed E-state index contributed by atoms with van der Waals surface area (Å²) in [6.07, 6.45) is -4.06. The van der Waals surface area contributed by atoms with Crippen LogP contribution in [0.2, 0.25) is 0 Å². The van der Waals surface area contributed by atoms with Crippen molar-refractivity contribution in [1.29, 1.82) is 0 Å². The highest BCUT2D eigenvalue weighted by atomic mass is 19.4. The van der Waals surface area contributed by atoms with Gasteiger partial charge in [0, 0.05) is 24.4 Å². The summed E-state index contributed by atoms with van der Waals surface area (Å²) in [5.74, 6) is -2.04. The Kier molecular flexibility index (Phi) is 10.3. The summed E-state index contributed by atoms with van der Waals surface area (Å²) >= 11 is 0. The van der Waals surface area contributed by atoms with Crippen molar-refractivity contribution in [2.24, 2.45) is 5.92 Å². The predicted molar refractivity (Wildman–Crippen MR) is 166 cm³/mol. The molecule has 2 atom stereocenters. The van der Waals surface area contributed by atoms with E-state index in [1.165, 1.54) is 0 Å². The van der Waals surface area contributed by atoms with Gasteiger partial charge in [-0.3, -0.25) is 14.4 Å². The van der Waals surface area contributed by atoms with Gasteiger partial charge in [-0.05, 0) is 97.0 Å². The lowest BCUT2D eigenvalue weighted by atomic mass is 9.91. The summed E-state index contributed by atoms with van der Waals surface area (Å²) in [6.45, 7) is 7.77. The van der Waals surface area contributed by atoms with Crippen LogP contribution in [0.4, 0.5) is 13.2 Å². The standard InChI is InChI=1S/C33H38F3N5O5/c1-18(2)12-27(41-17-21(10-11-40(5)6)24(15-28(41)42)33(34,35)36)32(45)37-25(16-29(43)44)22-13-23(31-26(14-22)38-46-39-31)30-19(3)8-7-9-20(30)4/h7-9,13-15,17-18,25,27H,10-12,16H2,1-6H3,(H,37,45)(H,43,44)/t25-,27-/m0/s1. The maximum Gasteiger partial charge on any atom is 0.416 e. The first-order valence-corrected chi connectivity index (χ1v) is 14.9. The van der Waals surface area contributed by atoms with Crippen molar-refractivity contribution in [3.05, 3.63) is 80.8 Å². The number of aromatic nitrogens is 3. The number of carboxylic acids is 1. The topological polar surface area (TPSA) is 131 Å². The van der Waals surface area contributed by atoms with Crippen LogP contribution in [-0.2, 0) is 22.2 Å². The van der Waals surface area contributed by atoms with Gasteiger partial charge in [0.05, 0.1) is 18.0 Å². The molecule has 0 spiro atoms. The highest BCUT2D eigenvalue weighted by molar-refractivity contribution is 5.94. The fourth-order valence-electron chi connectivity index (χ4n) is 5.67. The number of carbonyl (C=O) groups excluding carboxylic acids is 1. The van der Waals surface area contributed by atoms with Gasteiger partial charge in [-0.2, -0.15) is 13.2 Å². The van der Waals surface area contributed by atoms with E-state index in [1.807, 2.05) is 45.9 Å². The number of rotatable bonds is 12. The summed E-state index contributed by atoms with van der Waals surface area (Å²) < 4.78 is 47.8. The molecule has 246 valence electrons. The van der Waals surface area contributed by atoms with Gasteiger partial charge < -0.3 is 19.9 Å². The molecule has 4 aromatic rings. The van der Waals surface area contributed by atoms with Gasteiger partial charge in [-0.25, -0.2) is 4.63 Å². The van der Waals surface area contributed by atoms with Gasteiger partial charge in [-0.1, -0.05) is 32.0 Å². The number of carbonyl (C=O) groups is 2. The summed E-state index contributed by atoms with van der Waals surface area (Å²) in [5.41, 5.74) is 2.43. The fourth-order valence-corrected chi connectivity index (χ4v) is 5.67. The summed E-state index contributed by atoms with van der Waals surface area (Å²) in [7, 11) is 3.44. The van der Waals surface area contributed by atoms with E-state index in [9.17, 15) is 32.7 Å². The molecule has 0 aliphatic heterocycles. The number of aryl methyl sites for hydroxylation is 2. The number of aliphatic carboxylic acids is 1. The number of amides is 1. The van der Waals surface area contributed by atoms with Crippen LogP contribution in [0, 0.1) is 19.8 Å². The first-order chi connectivity index (χ1) is 21.6. The Hall–Kier alpha value is -4.52. The molecule has 0 saturated heterocycles. The van der Waals surface area contributed by atoms with Crippen molar-refractivity contribution in [1.82, 2.24) is 25.1 Å². The number of nitrogens with one attached hydrogen (secondary N) is 1. The van der Waals surface area contributed by atoms with Crippen molar-refractivity contribution < 1.29 is 32.5 Å². The van der Waals surface area contributed by atoms with Gasteiger partial charge >= 0.3 is 12.1 Å². The molecule has 2 heterocycles. The Labute approximate surface area is 264 Å². The zero-order chi connectivity index (χ0) is 33.9. The van der Waals surface area contributed by atoms with Crippen molar-refractivity contribution >= 4 is 22.9 Å².